The molecule has 0 bridgehead atoms. The second-order valence-electron chi connectivity index (χ2n) is 4.47. The van der Waals surface area contributed by atoms with E-state index in [1.807, 2.05) is 13.8 Å². The fraction of sp³-hybridized carbons (Fsp3) is 0.500. The van der Waals surface area contributed by atoms with Crippen LogP contribution in [0.15, 0.2) is 18.2 Å². The Labute approximate surface area is 123 Å². The van der Waals surface area contributed by atoms with Gasteiger partial charge < -0.3 is 4.74 Å². The molecule has 0 saturated carbocycles. The molecule has 0 atom stereocenters. The number of hydrogen-bond donors (Lipinski definition) is 0. The standard InChI is InChI=1S/C12H15Br2NO3/c1-12(2,14)6-7-18-10-5-3-4-9(8-13)11(10)15(16)17/h3-5H,6-8H2,1-2H3. The van der Waals surface area contributed by atoms with Crippen molar-refractivity contribution in [3.63, 3.8) is 0 Å². The van der Waals surface area contributed by atoms with E-state index in [0.717, 1.165) is 6.42 Å². The summed E-state index contributed by atoms with van der Waals surface area (Å²) in [6, 6.07) is 5.11. The highest BCUT2D eigenvalue weighted by Gasteiger charge is 2.21. The number of benzene rings is 1. The molecule has 0 aromatic heterocycles. The average molecular weight is 381 g/mol. The van der Waals surface area contributed by atoms with Gasteiger partial charge in [0.05, 0.1) is 11.5 Å². The number of nitrogens with zero attached hydrogens (tertiary/aromatic N) is 1. The van der Waals surface area contributed by atoms with E-state index in [2.05, 4.69) is 31.9 Å². The van der Waals surface area contributed by atoms with Gasteiger partial charge in [-0.3, -0.25) is 10.1 Å². The Morgan fingerprint density at radius 3 is 2.61 bits per heavy atom. The van der Waals surface area contributed by atoms with Crippen LogP contribution in [0.25, 0.3) is 0 Å². The fourth-order valence-corrected chi connectivity index (χ4v) is 2.02. The summed E-state index contributed by atoms with van der Waals surface area (Å²) >= 11 is 6.75. The predicted octanol–water partition coefficient (Wildman–Crippen LogP) is 4.43. The first-order chi connectivity index (χ1) is 8.35. The lowest BCUT2D eigenvalue weighted by Crippen LogP contribution is -2.14. The molecule has 4 nitrogen and oxygen atoms in total. The smallest absolute Gasteiger partial charge is 0.314 e. The monoisotopic (exact) mass is 379 g/mol. The summed E-state index contributed by atoms with van der Waals surface area (Å²) in [6.45, 7) is 4.49. The van der Waals surface area contributed by atoms with E-state index < -0.39 is 4.92 Å². The van der Waals surface area contributed by atoms with Gasteiger partial charge in [0, 0.05) is 15.2 Å². The zero-order valence-electron chi connectivity index (χ0n) is 10.3. The summed E-state index contributed by atoms with van der Waals surface area (Å²) in [5.41, 5.74) is 0.664. The molecule has 18 heavy (non-hydrogen) atoms. The van der Waals surface area contributed by atoms with Gasteiger partial charge in [-0.2, -0.15) is 0 Å². The molecule has 0 unspecified atom stereocenters. The lowest BCUT2D eigenvalue weighted by molar-refractivity contribution is -0.386. The van der Waals surface area contributed by atoms with Crippen molar-refractivity contribution in [3.8, 4) is 5.75 Å². The van der Waals surface area contributed by atoms with E-state index in [4.69, 9.17) is 4.74 Å². The Bertz CT molecular complexity index is 430. The fourth-order valence-electron chi connectivity index (χ4n) is 1.40. The van der Waals surface area contributed by atoms with Crippen molar-refractivity contribution < 1.29 is 9.66 Å². The highest BCUT2D eigenvalue weighted by Crippen LogP contribution is 2.32. The van der Waals surface area contributed by atoms with Crippen LogP contribution in [0.1, 0.15) is 25.8 Å². The van der Waals surface area contributed by atoms with Crippen LogP contribution in [0.5, 0.6) is 5.75 Å². The number of alkyl halides is 2. The van der Waals surface area contributed by atoms with E-state index >= 15 is 0 Å². The highest BCUT2D eigenvalue weighted by atomic mass is 79.9. The van der Waals surface area contributed by atoms with Crippen molar-refractivity contribution in [2.75, 3.05) is 6.61 Å². The third-order valence-electron chi connectivity index (χ3n) is 2.36. The van der Waals surface area contributed by atoms with Gasteiger partial charge in [0.1, 0.15) is 0 Å². The summed E-state index contributed by atoms with van der Waals surface area (Å²) < 4.78 is 5.49. The van der Waals surface area contributed by atoms with Gasteiger partial charge in [-0.1, -0.05) is 44.0 Å². The minimum Gasteiger partial charge on any atom is -0.487 e. The Morgan fingerprint density at radius 1 is 1.44 bits per heavy atom. The quantitative estimate of drug-likeness (QED) is 0.416. The van der Waals surface area contributed by atoms with E-state index in [9.17, 15) is 10.1 Å². The SMILES string of the molecule is CC(C)(Br)CCOc1cccc(CBr)c1[N+](=O)[O-]. The number of halogens is 2. The Morgan fingerprint density at radius 2 is 2.11 bits per heavy atom. The Kier molecular flexibility index (Phi) is 5.59. The van der Waals surface area contributed by atoms with Crippen LogP contribution < -0.4 is 4.74 Å². The van der Waals surface area contributed by atoms with E-state index in [-0.39, 0.29) is 10.0 Å². The van der Waals surface area contributed by atoms with Crippen molar-refractivity contribution in [2.24, 2.45) is 0 Å². The molecule has 0 amide bonds. The first kappa shape index (κ1) is 15.4. The summed E-state index contributed by atoms with van der Waals surface area (Å²) in [7, 11) is 0. The van der Waals surface area contributed by atoms with E-state index in [0.29, 0.717) is 23.2 Å². The average Bonchev–Trinajstić information content (AvgIpc) is 2.26. The van der Waals surface area contributed by atoms with Crippen molar-refractivity contribution in [1.29, 1.82) is 0 Å². The van der Waals surface area contributed by atoms with Crippen molar-refractivity contribution in [3.05, 3.63) is 33.9 Å². The van der Waals surface area contributed by atoms with Crippen LogP contribution in [0.3, 0.4) is 0 Å². The van der Waals surface area contributed by atoms with Gasteiger partial charge in [-0.05, 0) is 26.3 Å². The molecule has 0 heterocycles. The van der Waals surface area contributed by atoms with Gasteiger partial charge in [0.15, 0.2) is 5.75 Å². The largest absolute Gasteiger partial charge is 0.487 e. The molecule has 0 aliphatic rings. The molecule has 0 N–H and O–H groups in total. The summed E-state index contributed by atoms with van der Waals surface area (Å²) in [5, 5.41) is 11.5. The molecule has 1 rings (SSSR count). The third kappa shape index (κ3) is 4.57. The predicted molar refractivity (Wildman–Crippen MR) is 78.8 cm³/mol. The van der Waals surface area contributed by atoms with Crippen molar-refractivity contribution in [2.45, 2.75) is 29.9 Å². The maximum Gasteiger partial charge on any atom is 0.314 e. The van der Waals surface area contributed by atoms with Crippen LogP contribution in [0, 0.1) is 10.1 Å². The number of para-hydroxylation sites is 1. The molecule has 0 spiro atoms. The Hall–Kier alpha value is -0.620. The number of hydrogen-bond acceptors (Lipinski definition) is 3. The van der Waals surface area contributed by atoms with Crippen LogP contribution in [0.4, 0.5) is 5.69 Å². The third-order valence-corrected chi connectivity index (χ3v) is 3.36. The maximum absolute atomic E-state index is 11.1. The summed E-state index contributed by atoms with van der Waals surface area (Å²) in [6.07, 6.45) is 0.767. The van der Waals surface area contributed by atoms with Crippen LogP contribution >= 0.6 is 31.9 Å². The molecule has 6 heteroatoms. The van der Waals surface area contributed by atoms with Gasteiger partial charge >= 0.3 is 5.69 Å². The molecule has 0 aliphatic carbocycles. The lowest BCUT2D eigenvalue weighted by atomic mass is 10.1. The zero-order chi connectivity index (χ0) is 13.8. The molecular weight excluding hydrogens is 366 g/mol. The van der Waals surface area contributed by atoms with Crippen LogP contribution in [-0.4, -0.2) is 15.9 Å². The minimum absolute atomic E-state index is 0.0329. The number of ether oxygens (including phenoxy) is 1. The molecular formula is C12H15Br2NO3. The van der Waals surface area contributed by atoms with Crippen LogP contribution in [-0.2, 0) is 5.33 Å². The molecule has 0 radical (unpaired) electrons. The number of rotatable bonds is 6. The van der Waals surface area contributed by atoms with Gasteiger partial charge in [0.25, 0.3) is 0 Å². The van der Waals surface area contributed by atoms with Crippen molar-refractivity contribution >= 4 is 37.5 Å². The Balaban J connectivity index is 2.85. The lowest BCUT2D eigenvalue weighted by Gasteiger charge is -2.16. The summed E-state index contributed by atoms with van der Waals surface area (Å²) in [5.74, 6) is 0.328. The summed E-state index contributed by atoms with van der Waals surface area (Å²) in [4.78, 5) is 10.7. The minimum atomic E-state index is -0.398. The normalized spacial score (nSPS) is 11.3. The number of nitro groups is 1. The second-order valence-corrected chi connectivity index (χ2v) is 7.18. The molecule has 100 valence electrons. The first-order valence-electron chi connectivity index (χ1n) is 5.49. The first-order valence-corrected chi connectivity index (χ1v) is 7.40. The molecule has 1 aromatic carbocycles. The molecule has 0 saturated heterocycles. The second kappa shape index (κ2) is 6.52. The van der Waals surface area contributed by atoms with Gasteiger partial charge in [0.2, 0.25) is 0 Å². The zero-order valence-corrected chi connectivity index (χ0v) is 13.5. The van der Waals surface area contributed by atoms with E-state index in [1.54, 1.807) is 18.2 Å². The molecule has 0 fully saturated rings. The van der Waals surface area contributed by atoms with Crippen molar-refractivity contribution in [1.82, 2.24) is 0 Å². The maximum atomic E-state index is 11.1. The highest BCUT2D eigenvalue weighted by molar-refractivity contribution is 9.10. The van der Waals surface area contributed by atoms with Crippen LogP contribution in [0.2, 0.25) is 0 Å². The topological polar surface area (TPSA) is 52.4 Å². The molecule has 0 aliphatic heterocycles. The van der Waals surface area contributed by atoms with Gasteiger partial charge in [-0.25, -0.2) is 0 Å². The van der Waals surface area contributed by atoms with E-state index in [1.165, 1.54) is 0 Å². The molecule has 1 aromatic rings. The number of nitro benzene ring substituents is 1. The van der Waals surface area contributed by atoms with Gasteiger partial charge in [-0.15, -0.1) is 0 Å².